The van der Waals surface area contributed by atoms with Gasteiger partial charge in [0.15, 0.2) is 0 Å². The Morgan fingerprint density at radius 1 is 0.867 bits per heavy atom. The van der Waals surface area contributed by atoms with E-state index in [0.717, 1.165) is 50.7 Å². The zero-order chi connectivity index (χ0) is 20.7. The fourth-order valence-corrected chi connectivity index (χ4v) is 3.76. The van der Waals surface area contributed by atoms with Gasteiger partial charge in [0.1, 0.15) is 11.6 Å². The summed E-state index contributed by atoms with van der Waals surface area (Å²) in [6.07, 6.45) is 1.88. The largest absolute Gasteiger partial charge is 0.495 e. The van der Waals surface area contributed by atoms with E-state index in [2.05, 4.69) is 71.2 Å². The van der Waals surface area contributed by atoms with Crippen molar-refractivity contribution in [1.29, 1.82) is 0 Å². The molecule has 0 atom stereocenters. The van der Waals surface area contributed by atoms with Crippen LogP contribution in [0.5, 0.6) is 5.75 Å². The average molecular weight is 397 g/mol. The zero-order valence-corrected chi connectivity index (χ0v) is 17.2. The first kappa shape index (κ1) is 18.2. The third kappa shape index (κ3) is 3.26. The van der Waals surface area contributed by atoms with Crippen LogP contribution in [0.15, 0.2) is 60.8 Å². The highest BCUT2D eigenvalue weighted by Crippen LogP contribution is 2.37. The van der Waals surface area contributed by atoms with Gasteiger partial charge in [-0.25, -0.2) is 4.98 Å². The Labute approximate surface area is 175 Å². The van der Waals surface area contributed by atoms with Gasteiger partial charge in [0.2, 0.25) is 5.95 Å². The van der Waals surface area contributed by atoms with Crippen LogP contribution in [0.3, 0.4) is 0 Å². The lowest BCUT2D eigenvalue weighted by molar-refractivity contribution is 0.417. The normalized spacial score (nSPS) is 12.3. The fourth-order valence-electron chi connectivity index (χ4n) is 3.76. The lowest BCUT2D eigenvalue weighted by atomic mass is 10.0. The molecule has 1 aliphatic rings. The van der Waals surface area contributed by atoms with Gasteiger partial charge in [-0.05, 0) is 41.6 Å². The topological polar surface area (TPSA) is 71.1 Å². The predicted octanol–water partition coefficient (Wildman–Crippen LogP) is 6.31. The zero-order valence-electron chi connectivity index (χ0n) is 17.2. The second-order valence-corrected chi connectivity index (χ2v) is 7.69. The summed E-state index contributed by atoms with van der Waals surface area (Å²) in [5.74, 6) is 2.31. The maximum absolute atomic E-state index is 5.54. The number of fused-ring (bicyclic) bond motifs is 8. The summed E-state index contributed by atoms with van der Waals surface area (Å²) in [4.78, 5) is 9.31. The van der Waals surface area contributed by atoms with Gasteiger partial charge < -0.3 is 20.7 Å². The molecule has 1 aliphatic heterocycles. The Bertz CT molecular complexity index is 1250. The quantitative estimate of drug-likeness (QED) is 0.324. The molecule has 2 heterocycles. The Hall–Kier alpha value is -3.80. The SMILES string of the molecule is COc1ccc2cc1Nc1ncc(C(C)C)c(n1)Nc1cc(c3ccccc3c1)N2. The van der Waals surface area contributed by atoms with Crippen molar-refractivity contribution in [1.82, 2.24) is 9.97 Å². The van der Waals surface area contributed by atoms with Crippen molar-refractivity contribution in [2.24, 2.45) is 0 Å². The van der Waals surface area contributed by atoms with Crippen molar-refractivity contribution in [3.05, 3.63) is 66.4 Å². The first-order chi connectivity index (χ1) is 14.6. The molecule has 5 rings (SSSR count). The van der Waals surface area contributed by atoms with Crippen LogP contribution in [0.4, 0.5) is 34.5 Å². The fraction of sp³-hybridized carbons (Fsp3) is 0.167. The van der Waals surface area contributed by atoms with Gasteiger partial charge in [-0.1, -0.05) is 38.1 Å². The monoisotopic (exact) mass is 397 g/mol. The second kappa shape index (κ2) is 7.22. The van der Waals surface area contributed by atoms with E-state index in [1.165, 1.54) is 0 Å². The van der Waals surface area contributed by atoms with Crippen molar-refractivity contribution >= 4 is 45.3 Å². The summed E-state index contributed by atoms with van der Waals surface area (Å²) in [5.41, 5.74) is 4.79. The highest BCUT2D eigenvalue weighted by atomic mass is 16.5. The highest BCUT2D eigenvalue weighted by Gasteiger charge is 2.15. The van der Waals surface area contributed by atoms with Gasteiger partial charge in [0, 0.05) is 34.2 Å². The van der Waals surface area contributed by atoms with E-state index in [0.29, 0.717) is 5.95 Å². The molecule has 0 saturated carbocycles. The van der Waals surface area contributed by atoms with Crippen LogP contribution in [0, 0.1) is 0 Å². The molecule has 4 aromatic rings. The van der Waals surface area contributed by atoms with Crippen LogP contribution in [-0.2, 0) is 0 Å². The number of ether oxygens (including phenoxy) is 1. The van der Waals surface area contributed by atoms with Crippen LogP contribution in [0.1, 0.15) is 25.3 Å². The molecule has 1 aromatic heterocycles. The first-order valence-electron chi connectivity index (χ1n) is 9.99. The smallest absolute Gasteiger partial charge is 0.229 e. The Kier molecular flexibility index (Phi) is 4.39. The Morgan fingerprint density at radius 2 is 1.70 bits per heavy atom. The molecular formula is C24H23N5O. The molecule has 0 fully saturated rings. The number of aromatic nitrogens is 2. The van der Waals surface area contributed by atoms with Crippen molar-refractivity contribution < 1.29 is 4.74 Å². The molecule has 0 spiro atoms. The van der Waals surface area contributed by atoms with Crippen molar-refractivity contribution in [3.63, 3.8) is 0 Å². The summed E-state index contributed by atoms with van der Waals surface area (Å²) >= 11 is 0. The predicted molar refractivity (Wildman–Crippen MR) is 123 cm³/mol. The van der Waals surface area contributed by atoms with E-state index in [9.17, 15) is 0 Å². The lowest BCUT2D eigenvalue weighted by Gasteiger charge is -2.20. The molecule has 3 N–H and O–H groups in total. The number of rotatable bonds is 2. The van der Waals surface area contributed by atoms with Crippen molar-refractivity contribution in [3.8, 4) is 5.75 Å². The summed E-state index contributed by atoms with van der Waals surface area (Å²) in [6, 6.07) is 18.6. The molecule has 0 unspecified atom stereocenters. The standard InChI is InChI=1S/C24H23N5O/c1-14(2)19-13-25-24-28-21-11-16(8-9-22(21)30-3)26-20-12-17(27-23(19)29-24)10-15-6-4-5-7-18(15)20/h4-14,26H,1-3H3,(H2,25,27,28,29). The molecule has 0 saturated heterocycles. The van der Waals surface area contributed by atoms with E-state index in [1.54, 1.807) is 7.11 Å². The van der Waals surface area contributed by atoms with Crippen LogP contribution < -0.4 is 20.7 Å². The minimum absolute atomic E-state index is 0.283. The van der Waals surface area contributed by atoms with Crippen LogP contribution in [-0.4, -0.2) is 17.1 Å². The number of nitrogens with one attached hydrogen (secondary N) is 3. The highest BCUT2D eigenvalue weighted by molar-refractivity contribution is 5.99. The molecule has 0 radical (unpaired) electrons. The number of anilines is 6. The van der Waals surface area contributed by atoms with Crippen molar-refractivity contribution in [2.75, 3.05) is 23.1 Å². The van der Waals surface area contributed by atoms with Crippen molar-refractivity contribution in [2.45, 2.75) is 19.8 Å². The number of hydrogen-bond donors (Lipinski definition) is 3. The molecule has 150 valence electrons. The maximum atomic E-state index is 5.54. The molecule has 3 aromatic carbocycles. The molecule has 6 nitrogen and oxygen atoms in total. The molecule has 6 bridgehead atoms. The third-order valence-corrected chi connectivity index (χ3v) is 5.29. The van der Waals surface area contributed by atoms with Gasteiger partial charge in [-0.2, -0.15) is 4.98 Å². The van der Waals surface area contributed by atoms with Gasteiger partial charge in [-0.15, -0.1) is 0 Å². The minimum atomic E-state index is 0.283. The van der Waals surface area contributed by atoms with Gasteiger partial charge >= 0.3 is 0 Å². The number of nitrogens with zero attached hydrogens (tertiary/aromatic N) is 2. The first-order valence-corrected chi connectivity index (χ1v) is 9.99. The van der Waals surface area contributed by atoms with E-state index in [4.69, 9.17) is 9.72 Å². The third-order valence-electron chi connectivity index (χ3n) is 5.29. The molecular weight excluding hydrogens is 374 g/mol. The van der Waals surface area contributed by atoms with E-state index in [-0.39, 0.29) is 5.92 Å². The van der Waals surface area contributed by atoms with E-state index >= 15 is 0 Å². The Balaban J connectivity index is 1.77. The lowest BCUT2D eigenvalue weighted by Crippen LogP contribution is -2.07. The van der Waals surface area contributed by atoms with Gasteiger partial charge in [0.05, 0.1) is 12.8 Å². The summed E-state index contributed by atoms with van der Waals surface area (Å²) in [5, 5.41) is 12.7. The number of benzene rings is 3. The van der Waals surface area contributed by atoms with Crippen LogP contribution in [0.2, 0.25) is 0 Å². The van der Waals surface area contributed by atoms with Crippen LogP contribution in [0.25, 0.3) is 10.8 Å². The summed E-state index contributed by atoms with van der Waals surface area (Å²) < 4.78 is 5.54. The van der Waals surface area contributed by atoms with E-state index in [1.807, 2.05) is 24.4 Å². The molecule has 6 heteroatoms. The minimum Gasteiger partial charge on any atom is -0.495 e. The van der Waals surface area contributed by atoms with E-state index < -0.39 is 0 Å². The Morgan fingerprint density at radius 3 is 2.53 bits per heavy atom. The average Bonchev–Trinajstić information content (AvgIpc) is 2.73. The molecule has 0 amide bonds. The number of hydrogen-bond acceptors (Lipinski definition) is 6. The van der Waals surface area contributed by atoms with Gasteiger partial charge in [0.25, 0.3) is 0 Å². The summed E-state index contributed by atoms with van der Waals surface area (Å²) in [7, 11) is 1.66. The van der Waals surface area contributed by atoms with Crippen LogP contribution >= 0.6 is 0 Å². The maximum Gasteiger partial charge on any atom is 0.229 e. The molecule has 30 heavy (non-hydrogen) atoms. The summed E-state index contributed by atoms with van der Waals surface area (Å²) in [6.45, 7) is 4.28. The van der Waals surface area contributed by atoms with Gasteiger partial charge in [-0.3, -0.25) is 0 Å². The molecule has 0 aliphatic carbocycles. The second-order valence-electron chi connectivity index (χ2n) is 7.69. The number of methoxy groups -OCH3 is 1.